The van der Waals surface area contributed by atoms with E-state index in [1.807, 2.05) is 12.1 Å². The minimum atomic E-state index is -3.13. The van der Waals surface area contributed by atoms with Crippen LogP contribution in [0, 0.1) is 0 Å². The van der Waals surface area contributed by atoms with Crippen molar-refractivity contribution in [3.63, 3.8) is 0 Å². The average Bonchev–Trinajstić information content (AvgIpc) is 2.63. The third kappa shape index (κ3) is 11.2. The molecule has 2 N–H and O–H groups in total. The molecule has 6 nitrogen and oxygen atoms in total. The zero-order valence-corrected chi connectivity index (χ0v) is 20.8. The number of rotatable bonds is 12. The Balaban J connectivity index is 0.00000729. The van der Waals surface area contributed by atoms with Crippen LogP contribution in [-0.2, 0) is 16.3 Å². The van der Waals surface area contributed by atoms with E-state index in [9.17, 15) is 8.42 Å². The second-order valence-corrected chi connectivity index (χ2v) is 8.80. The molecule has 0 radical (unpaired) electrons. The van der Waals surface area contributed by atoms with Gasteiger partial charge < -0.3 is 15.5 Å². The fourth-order valence-electron chi connectivity index (χ4n) is 2.93. The number of halogens is 1. The van der Waals surface area contributed by atoms with Gasteiger partial charge in [0.2, 0.25) is 0 Å². The van der Waals surface area contributed by atoms with Crippen molar-refractivity contribution in [3.05, 3.63) is 29.8 Å². The first-order valence-corrected chi connectivity index (χ1v) is 11.8. The second kappa shape index (κ2) is 15.0. The smallest absolute Gasteiger partial charge is 0.190 e. The topological polar surface area (TPSA) is 73.8 Å². The standard InChI is InChI=1S/C20H36N4O2S.HI/c1-5-15-24(16-6-2)17-7-13-22-20(21-3)23-14-12-18-8-10-19(11-9-18)27(4,25)26;/h8-11H,5-7,12-17H2,1-4H3,(H2,21,22,23);1H. The van der Waals surface area contributed by atoms with Crippen LogP contribution in [0.15, 0.2) is 34.2 Å². The van der Waals surface area contributed by atoms with Crippen LogP contribution in [0.25, 0.3) is 0 Å². The summed E-state index contributed by atoms with van der Waals surface area (Å²) in [7, 11) is -1.36. The van der Waals surface area contributed by atoms with Crippen molar-refractivity contribution in [1.82, 2.24) is 15.5 Å². The Morgan fingerprint density at radius 1 is 1.00 bits per heavy atom. The van der Waals surface area contributed by atoms with Gasteiger partial charge in [0.1, 0.15) is 0 Å². The molecule has 0 heterocycles. The summed E-state index contributed by atoms with van der Waals surface area (Å²) in [6.45, 7) is 9.53. The van der Waals surface area contributed by atoms with Crippen LogP contribution in [-0.4, -0.2) is 65.3 Å². The molecule has 0 atom stereocenters. The molecule has 0 fully saturated rings. The summed E-state index contributed by atoms with van der Waals surface area (Å²) in [4.78, 5) is 7.13. The molecule has 0 aromatic heterocycles. The molecule has 0 aliphatic heterocycles. The highest BCUT2D eigenvalue weighted by molar-refractivity contribution is 14.0. The average molecular weight is 525 g/mol. The van der Waals surface area contributed by atoms with E-state index in [1.165, 1.54) is 32.2 Å². The van der Waals surface area contributed by atoms with Gasteiger partial charge in [0.15, 0.2) is 15.8 Å². The SMILES string of the molecule is CCCN(CCC)CCCNC(=NC)NCCc1ccc(S(C)(=O)=O)cc1.I. The van der Waals surface area contributed by atoms with Crippen LogP contribution in [0.2, 0.25) is 0 Å². The number of hydrogen-bond acceptors (Lipinski definition) is 4. The van der Waals surface area contributed by atoms with E-state index in [1.54, 1.807) is 19.2 Å². The van der Waals surface area contributed by atoms with Crippen molar-refractivity contribution in [3.8, 4) is 0 Å². The van der Waals surface area contributed by atoms with Crippen molar-refractivity contribution in [2.45, 2.75) is 44.4 Å². The molecule has 162 valence electrons. The first-order chi connectivity index (χ1) is 12.9. The monoisotopic (exact) mass is 524 g/mol. The zero-order chi connectivity index (χ0) is 20.1. The van der Waals surface area contributed by atoms with Crippen molar-refractivity contribution in [2.24, 2.45) is 4.99 Å². The summed E-state index contributed by atoms with van der Waals surface area (Å²) in [5.41, 5.74) is 1.10. The number of hydrogen-bond donors (Lipinski definition) is 2. The molecule has 0 amide bonds. The highest BCUT2D eigenvalue weighted by Crippen LogP contribution is 2.10. The Labute approximate surface area is 188 Å². The fourth-order valence-corrected chi connectivity index (χ4v) is 3.56. The summed E-state index contributed by atoms with van der Waals surface area (Å²) in [6.07, 6.45) is 5.52. The van der Waals surface area contributed by atoms with Crippen molar-refractivity contribution in [1.29, 1.82) is 0 Å². The molecule has 1 rings (SSSR count). The molecule has 0 bridgehead atoms. The minimum Gasteiger partial charge on any atom is -0.356 e. The van der Waals surface area contributed by atoms with Gasteiger partial charge >= 0.3 is 0 Å². The van der Waals surface area contributed by atoms with E-state index < -0.39 is 9.84 Å². The first kappa shape index (κ1) is 27.1. The lowest BCUT2D eigenvalue weighted by Gasteiger charge is -2.21. The van der Waals surface area contributed by atoms with Crippen LogP contribution in [0.4, 0.5) is 0 Å². The Morgan fingerprint density at radius 2 is 1.57 bits per heavy atom. The fraction of sp³-hybridized carbons (Fsp3) is 0.650. The van der Waals surface area contributed by atoms with E-state index in [4.69, 9.17) is 0 Å². The van der Waals surface area contributed by atoms with Gasteiger partial charge in [-0.2, -0.15) is 0 Å². The quantitative estimate of drug-likeness (QED) is 0.191. The van der Waals surface area contributed by atoms with E-state index in [-0.39, 0.29) is 24.0 Å². The van der Waals surface area contributed by atoms with Gasteiger partial charge in [0, 0.05) is 26.4 Å². The van der Waals surface area contributed by atoms with Crippen LogP contribution < -0.4 is 10.6 Å². The van der Waals surface area contributed by atoms with Crippen molar-refractivity contribution < 1.29 is 8.42 Å². The molecule has 1 aromatic carbocycles. The van der Waals surface area contributed by atoms with E-state index >= 15 is 0 Å². The molecule has 0 saturated heterocycles. The minimum absolute atomic E-state index is 0. The van der Waals surface area contributed by atoms with E-state index in [0.717, 1.165) is 44.0 Å². The molecule has 0 spiro atoms. The molecular weight excluding hydrogens is 487 g/mol. The Hall–Kier alpha value is -0.870. The van der Waals surface area contributed by atoms with Crippen LogP contribution >= 0.6 is 24.0 Å². The lowest BCUT2D eigenvalue weighted by atomic mass is 10.1. The zero-order valence-electron chi connectivity index (χ0n) is 17.7. The molecule has 0 unspecified atom stereocenters. The third-order valence-electron chi connectivity index (χ3n) is 4.30. The lowest BCUT2D eigenvalue weighted by Crippen LogP contribution is -2.39. The molecule has 0 saturated carbocycles. The van der Waals surface area contributed by atoms with Crippen LogP contribution in [0.1, 0.15) is 38.7 Å². The van der Waals surface area contributed by atoms with Gasteiger partial charge in [-0.3, -0.25) is 4.99 Å². The van der Waals surface area contributed by atoms with Crippen LogP contribution in [0.5, 0.6) is 0 Å². The highest BCUT2D eigenvalue weighted by Gasteiger charge is 2.06. The van der Waals surface area contributed by atoms with Gasteiger partial charge in [-0.05, 0) is 63.0 Å². The number of aliphatic imine (C=N–C) groups is 1. The third-order valence-corrected chi connectivity index (χ3v) is 5.43. The van der Waals surface area contributed by atoms with Gasteiger partial charge in [0.25, 0.3) is 0 Å². The summed E-state index contributed by atoms with van der Waals surface area (Å²) in [5.74, 6) is 0.806. The number of sulfone groups is 1. The largest absolute Gasteiger partial charge is 0.356 e. The summed E-state index contributed by atoms with van der Waals surface area (Å²) in [6, 6.07) is 7.06. The van der Waals surface area contributed by atoms with Gasteiger partial charge in [-0.15, -0.1) is 24.0 Å². The Bertz CT molecular complexity index is 657. The molecule has 0 aliphatic rings. The lowest BCUT2D eigenvalue weighted by molar-refractivity contribution is 0.271. The molecule has 28 heavy (non-hydrogen) atoms. The first-order valence-electron chi connectivity index (χ1n) is 9.86. The molecular formula is C20H37IN4O2S. The van der Waals surface area contributed by atoms with E-state index in [0.29, 0.717) is 4.90 Å². The molecule has 1 aromatic rings. The predicted molar refractivity (Wildman–Crippen MR) is 130 cm³/mol. The second-order valence-electron chi connectivity index (χ2n) is 6.79. The van der Waals surface area contributed by atoms with Gasteiger partial charge in [-0.1, -0.05) is 26.0 Å². The number of benzene rings is 1. The number of nitrogens with zero attached hydrogens (tertiary/aromatic N) is 2. The van der Waals surface area contributed by atoms with E-state index in [2.05, 4.69) is 34.4 Å². The van der Waals surface area contributed by atoms with Crippen molar-refractivity contribution >= 4 is 39.8 Å². The maximum atomic E-state index is 11.5. The van der Waals surface area contributed by atoms with Gasteiger partial charge in [0.05, 0.1) is 4.90 Å². The summed E-state index contributed by atoms with van der Waals surface area (Å²) >= 11 is 0. The Morgan fingerprint density at radius 3 is 2.07 bits per heavy atom. The highest BCUT2D eigenvalue weighted by atomic mass is 127. The molecule has 8 heteroatoms. The number of nitrogens with one attached hydrogen (secondary N) is 2. The summed E-state index contributed by atoms with van der Waals surface area (Å²) < 4.78 is 23.0. The van der Waals surface area contributed by atoms with Crippen molar-refractivity contribution in [2.75, 3.05) is 46.0 Å². The maximum Gasteiger partial charge on any atom is 0.190 e. The normalized spacial score (nSPS) is 12.0. The number of guanidine groups is 1. The predicted octanol–water partition coefficient (Wildman–Crippen LogP) is 2.93. The Kier molecular flexibility index (Phi) is 14.6. The van der Waals surface area contributed by atoms with Gasteiger partial charge in [-0.25, -0.2) is 8.42 Å². The molecule has 0 aliphatic carbocycles. The summed E-state index contributed by atoms with van der Waals surface area (Å²) in [5, 5.41) is 6.67. The van der Waals surface area contributed by atoms with Crippen LogP contribution in [0.3, 0.4) is 0 Å². The maximum absolute atomic E-state index is 11.5.